The van der Waals surface area contributed by atoms with Crippen molar-refractivity contribution >= 4 is 92.9 Å². The zero-order chi connectivity index (χ0) is 42.1. The second-order valence-electron chi connectivity index (χ2n) is 16.8. The second-order valence-corrected chi connectivity index (χ2v) is 16.8. The number of para-hydroxylation sites is 1. The first-order valence-electron chi connectivity index (χ1n) is 22.0. The minimum Gasteiger partial charge on any atom is -0.455 e. The standard InChI is InChI=1S/C62H39NO/c1-6-19-49-40(14-1)32-37-56-61-55(25-13-27-60(61)64-62(49)56)54-24-11-12-26-59(54)63(45-33-28-41(29-34-45)57-38-43-15-2-4-17-47(43)50-20-7-9-22-52(50)57)46-35-30-42(31-36-46)58-39-44-16-3-5-18-48(44)51-21-8-10-23-53(51)58/h1-39H. The fraction of sp³-hybridized carbons (Fsp3) is 0. The van der Waals surface area contributed by atoms with Crippen LogP contribution in [0.4, 0.5) is 17.1 Å². The van der Waals surface area contributed by atoms with Crippen LogP contribution in [-0.4, -0.2) is 0 Å². The summed E-state index contributed by atoms with van der Waals surface area (Å²) in [6.07, 6.45) is 0. The van der Waals surface area contributed by atoms with Gasteiger partial charge in [0.05, 0.1) is 5.69 Å². The van der Waals surface area contributed by atoms with Crippen LogP contribution in [0, 0.1) is 0 Å². The average Bonchev–Trinajstić information content (AvgIpc) is 3.76. The Balaban J connectivity index is 0.999. The van der Waals surface area contributed by atoms with E-state index in [0.717, 1.165) is 55.5 Å². The Kier molecular flexibility index (Phi) is 8.25. The van der Waals surface area contributed by atoms with Crippen LogP contribution >= 0.6 is 0 Å². The zero-order valence-electron chi connectivity index (χ0n) is 34.9. The molecule has 298 valence electrons. The summed E-state index contributed by atoms with van der Waals surface area (Å²) in [5.41, 5.74) is 12.1. The minimum atomic E-state index is 0.879. The molecule has 0 atom stereocenters. The molecule has 64 heavy (non-hydrogen) atoms. The molecule has 12 aromatic carbocycles. The van der Waals surface area contributed by atoms with Gasteiger partial charge in [0.15, 0.2) is 0 Å². The Labute approximate surface area is 370 Å². The molecule has 2 nitrogen and oxygen atoms in total. The number of nitrogens with zero attached hydrogens (tertiary/aromatic N) is 1. The van der Waals surface area contributed by atoms with E-state index >= 15 is 0 Å². The van der Waals surface area contributed by atoms with E-state index in [4.69, 9.17) is 4.42 Å². The van der Waals surface area contributed by atoms with Gasteiger partial charge in [0.25, 0.3) is 0 Å². The highest BCUT2D eigenvalue weighted by Gasteiger charge is 2.22. The number of rotatable bonds is 6. The molecule has 1 aromatic heterocycles. The van der Waals surface area contributed by atoms with Gasteiger partial charge in [-0.2, -0.15) is 0 Å². The molecule has 0 amide bonds. The van der Waals surface area contributed by atoms with Crippen molar-refractivity contribution in [2.45, 2.75) is 0 Å². The van der Waals surface area contributed by atoms with Crippen molar-refractivity contribution in [2.24, 2.45) is 0 Å². The number of hydrogen-bond acceptors (Lipinski definition) is 2. The molecule has 13 rings (SSSR count). The summed E-state index contributed by atoms with van der Waals surface area (Å²) in [5, 5.41) is 14.6. The minimum absolute atomic E-state index is 0.879. The molecule has 0 saturated heterocycles. The van der Waals surface area contributed by atoms with Crippen molar-refractivity contribution in [2.75, 3.05) is 4.90 Å². The van der Waals surface area contributed by atoms with Crippen LogP contribution < -0.4 is 4.90 Å². The number of anilines is 3. The van der Waals surface area contributed by atoms with Crippen molar-refractivity contribution in [3.63, 3.8) is 0 Å². The number of furan rings is 1. The Morgan fingerprint density at radius 1 is 0.281 bits per heavy atom. The van der Waals surface area contributed by atoms with E-state index in [0.29, 0.717) is 0 Å². The molecule has 0 bridgehead atoms. The maximum atomic E-state index is 6.71. The van der Waals surface area contributed by atoms with Gasteiger partial charge in [-0.25, -0.2) is 0 Å². The first kappa shape index (κ1) is 36.2. The Hall–Kier alpha value is -8.46. The van der Waals surface area contributed by atoms with E-state index in [-0.39, 0.29) is 0 Å². The van der Waals surface area contributed by atoms with Crippen molar-refractivity contribution in [3.05, 3.63) is 237 Å². The van der Waals surface area contributed by atoms with Gasteiger partial charge in [-0.3, -0.25) is 0 Å². The van der Waals surface area contributed by atoms with Crippen LogP contribution in [0.1, 0.15) is 0 Å². The summed E-state index contributed by atoms with van der Waals surface area (Å²) in [6.45, 7) is 0. The maximum absolute atomic E-state index is 6.71. The lowest BCUT2D eigenvalue weighted by Crippen LogP contribution is -2.11. The van der Waals surface area contributed by atoms with Crippen LogP contribution in [0.3, 0.4) is 0 Å². The first-order valence-corrected chi connectivity index (χ1v) is 22.0. The Bertz CT molecular complexity index is 3790. The molecule has 0 N–H and O–H groups in total. The lowest BCUT2D eigenvalue weighted by molar-refractivity contribution is 0.673. The third-order valence-electron chi connectivity index (χ3n) is 13.2. The van der Waals surface area contributed by atoms with Crippen molar-refractivity contribution in [3.8, 4) is 33.4 Å². The van der Waals surface area contributed by atoms with Gasteiger partial charge >= 0.3 is 0 Å². The van der Waals surface area contributed by atoms with Crippen LogP contribution in [-0.2, 0) is 0 Å². The first-order chi connectivity index (χ1) is 31.7. The van der Waals surface area contributed by atoms with Gasteiger partial charge in [-0.1, -0.05) is 182 Å². The molecule has 0 aliphatic heterocycles. The normalized spacial score (nSPS) is 11.8. The van der Waals surface area contributed by atoms with Crippen molar-refractivity contribution in [1.82, 2.24) is 0 Å². The molecule has 2 heteroatoms. The lowest BCUT2D eigenvalue weighted by Gasteiger charge is -2.28. The van der Waals surface area contributed by atoms with Crippen LogP contribution in [0.25, 0.3) is 109 Å². The molecule has 0 radical (unpaired) electrons. The monoisotopic (exact) mass is 813 g/mol. The summed E-state index contributed by atoms with van der Waals surface area (Å²) in [6, 6.07) is 86.0. The van der Waals surface area contributed by atoms with Gasteiger partial charge in [0.2, 0.25) is 0 Å². The topological polar surface area (TPSA) is 16.4 Å². The quantitative estimate of drug-likeness (QED) is 0.156. The summed E-state index contributed by atoms with van der Waals surface area (Å²) in [5.74, 6) is 0. The van der Waals surface area contributed by atoms with E-state index in [1.807, 2.05) is 0 Å². The van der Waals surface area contributed by atoms with Gasteiger partial charge in [0.1, 0.15) is 11.2 Å². The third-order valence-corrected chi connectivity index (χ3v) is 13.2. The average molecular weight is 814 g/mol. The Morgan fingerprint density at radius 2 is 0.750 bits per heavy atom. The fourth-order valence-corrected chi connectivity index (χ4v) is 10.3. The molecular formula is C62H39NO. The molecule has 13 aromatic rings. The highest BCUT2D eigenvalue weighted by molar-refractivity contribution is 6.20. The van der Waals surface area contributed by atoms with Crippen LogP contribution in [0.2, 0.25) is 0 Å². The number of hydrogen-bond donors (Lipinski definition) is 0. The van der Waals surface area contributed by atoms with Gasteiger partial charge in [-0.15, -0.1) is 0 Å². The summed E-state index contributed by atoms with van der Waals surface area (Å²) in [4.78, 5) is 2.41. The van der Waals surface area contributed by atoms with E-state index < -0.39 is 0 Å². The molecule has 0 aliphatic carbocycles. The Morgan fingerprint density at radius 3 is 1.34 bits per heavy atom. The largest absolute Gasteiger partial charge is 0.455 e. The predicted molar refractivity (Wildman–Crippen MR) is 272 cm³/mol. The molecule has 0 fully saturated rings. The zero-order valence-corrected chi connectivity index (χ0v) is 34.9. The predicted octanol–water partition coefficient (Wildman–Crippen LogP) is 17.8. The number of benzene rings is 12. The van der Waals surface area contributed by atoms with Crippen molar-refractivity contribution in [1.29, 1.82) is 0 Å². The van der Waals surface area contributed by atoms with Crippen LogP contribution in [0.5, 0.6) is 0 Å². The smallest absolute Gasteiger partial charge is 0.143 e. The fourth-order valence-electron chi connectivity index (χ4n) is 10.3. The summed E-state index contributed by atoms with van der Waals surface area (Å²) < 4.78 is 6.71. The maximum Gasteiger partial charge on any atom is 0.143 e. The third kappa shape index (κ3) is 5.73. The number of fused-ring (bicyclic) bond motifs is 11. The highest BCUT2D eigenvalue weighted by Crippen LogP contribution is 2.47. The van der Waals surface area contributed by atoms with E-state index in [1.165, 1.54) is 70.7 Å². The van der Waals surface area contributed by atoms with Gasteiger partial charge in [-0.05, 0) is 131 Å². The van der Waals surface area contributed by atoms with E-state index in [2.05, 4.69) is 241 Å². The molecule has 0 aliphatic rings. The molecule has 0 saturated carbocycles. The molecule has 0 spiro atoms. The molecular weight excluding hydrogens is 775 g/mol. The summed E-state index contributed by atoms with van der Waals surface area (Å²) in [7, 11) is 0. The summed E-state index contributed by atoms with van der Waals surface area (Å²) >= 11 is 0. The lowest BCUT2D eigenvalue weighted by atomic mass is 9.92. The van der Waals surface area contributed by atoms with Gasteiger partial charge < -0.3 is 9.32 Å². The van der Waals surface area contributed by atoms with E-state index in [9.17, 15) is 0 Å². The SMILES string of the molecule is c1ccc(N(c2ccc(-c3cc4ccccc4c4ccccc34)cc2)c2ccc(-c3cc4ccccc4c4ccccc34)cc2)c(-c2cccc3oc4c5ccccc5ccc4c23)c1. The highest BCUT2D eigenvalue weighted by atomic mass is 16.3. The second kappa shape index (κ2) is 14.6. The van der Waals surface area contributed by atoms with Crippen molar-refractivity contribution < 1.29 is 4.42 Å². The molecule has 0 unspecified atom stereocenters. The van der Waals surface area contributed by atoms with Crippen LogP contribution in [0.15, 0.2) is 241 Å². The molecule has 1 heterocycles. The van der Waals surface area contributed by atoms with Gasteiger partial charge in [0, 0.05) is 33.1 Å². The van der Waals surface area contributed by atoms with E-state index in [1.54, 1.807) is 0 Å².